The van der Waals surface area contributed by atoms with E-state index in [2.05, 4.69) is 40.3 Å². The fourth-order valence-corrected chi connectivity index (χ4v) is 5.33. The molecule has 1 aliphatic carbocycles. The monoisotopic (exact) mass is 484 g/mol. The summed E-state index contributed by atoms with van der Waals surface area (Å²) in [6, 6.07) is 8.79. The molecule has 1 aliphatic heterocycles. The average molecular weight is 485 g/mol. The van der Waals surface area contributed by atoms with E-state index in [9.17, 15) is 9.59 Å². The van der Waals surface area contributed by atoms with Gasteiger partial charge in [0.25, 0.3) is 11.5 Å². The Morgan fingerprint density at radius 3 is 2.59 bits per heavy atom. The second-order valence-electron chi connectivity index (χ2n) is 9.34. The summed E-state index contributed by atoms with van der Waals surface area (Å²) in [5.74, 6) is -0.131. The molecule has 184 valence electrons. The molecule has 34 heavy (non-hydrogen) atoms. The molecule has 7 heteroatoms. The third kappa shape index (κ3) is 5.73. The van der Waals surface area contributed by atoms with Gasteiger partial charge in [0, 0.05) is 47.7 Å². The summed E-state index contributed by atoms with van der Waals surface area (Å²) in [6.07, 6.45) is 11.0. The zero-order valence-corrected chi connectivity index (χ0v) is 21.0. The van der Waals surface area contributed by atoms with Gasteiger partial charge >= 0.3 is 0 Å². The van der Waals surface area contributed by atoms with Crippen molar-refractivity contribution in [2.75, 3.05) is 11.4 Å². The molecule has 2 heterocycles. The number of nitrogens with two attached hydrogens (primary N) is 1. The second kappa shape index (κ2) is 11.7. The van der Waals surface area contributed by atoms with Gasteiger partial charge in [0.05, 0.1) is 0 Å². The molecular formula is C27H37ClN4O2. The van der Waals surface area contributed by atoms with Crippen molar-refractivity contribution in [2.24, 2.45) is 5.73 Å². The van der Waals surface area contributed by atoms with Gasteiger partial charge in [-0.2, -0.15) is 0 Å². The molecule has 4 N–H and O–H groups in total. The lowest BCUT2D eigenvalue weighted by Gasteiger charge is -2.38. The van der Waals surface area contributed by atoms with Crippen LogP contribution in [0.2, 0.25) is 0 Å². The lowest BCUT2D eigenvalue weighted by molar-refractivity contribution is 0.0950. The number of aryl methyl sites for hydroxylation is 2. The van der Waals surface area contributed by atoms with Crippen LogP contribution in [0.15, 0.2) is 41.2 Å². The number of aromatic amines is 1. The van der Waals surface area contributed by atoms with E-state index in [4.69, 9.17) is 5.73 Å². The number of aromatic nitrogens is 1. The number of benzene rings is 1. The van der Waals surface area contributed by atoms with Crippen molar-refractivity contribution in [2.45, 2.75) is 77.4 Å². The van der Waals surface area contributed by atoms with Gasteiger partial charge in [-0.15, -0.1) is 12.4 Å². The quantitative estimate of drug-likeness (QED) is 0.570. The summed E-state index contributed by atoms with van der Waals surface area (Å²) in [5.41, 5.74) is 11.4. The van der Waals surface area contributed by atoms with Crippen molar-refractivity contribution in [1.29, 1.82) is 0 Å². The summed E-state index contributed by atoms with van der Waals surface area (Å²) in [4.78, 5) is 31.2. The van der Waals surface area contributed by atoms with E-state index in [-0.39, 0.29) is 30.4 Å². The Labute approximate surface area is 208 Å². The van der Waals surface area contributed by atoms with E-state index < -0.39 is 0 Å². The number of fused-ring (bicyclic) bond motifs is 2. The lowest BCUT2D eigenvalue weighted by Crippen LogP contribution is -2.41. The van der Waals surface area contributed by atoms with Crippen molar-refractivity contribution in [1.82, 2.24) is 10.3 Å². The summed E-state index contributed by atoms with van der Waals surface area (Å²) in [5, 5.41) is 3.02. The summed E-state index contributed by atoms with van der Waals surface area (Å²) >= 11 is 0. The van der Waals surface area contributed by atoms with Crippen LogP contribution < -0.4 is 21.5 Å². The molecule has 0 atom stereocenters. The third-order valence-electron chi connectivity index (χ3n) is 7.09. The maximum atomic E-state index is 13.3. The molecule has 0 radical (unpaired) electrons. The number of pyridine rings is 1. The van der Waals surface area contributed by atoms with Gasteiger partial charge in [0.15, 0.2) is 0 Å². The Kier molecular flexibility index (Phi) is 8.97. The Morgan fingerprint density at radius 1 is 1.09 bits per heavy atom. The highest BCUT2D eigenvalue weighted by atomic mass is 35.5. The maximum Gasteiger partial charge on any atom is 0.253 e. The van der Waals surface area contributed by atoms with Crippen molar-refractivity contribution < 1.29 is 4.79 Å². The Morgan fingerprint density at radius 2 is 1.85 bits per heavy atom. The van der Waals surface area contributed by atoms with E-state index in [1.165, 1.54) is 0 Å². The SMILES string of the molecule is CCN(c1cccc2c1C/C=C/CCc1cc(C)[nH]c(=O)c1CNC2=O)C1CCC(N)CC1.Cl. The van der Waals surface area contributed by atoms with Gasteiger partial charge in [-0.25, -0.2) is 0 Å². The van der Waals surface area contributed by atoms with Crippen LogP contribution in [0, 0.1) is 6.92 Å². The van der Waals surface area contributed by atoms with Gasteiger partial charge in [0.2, 0.25) is 0 Å². The standard InChI is InChI=1S/C27H36N4O2.ClH/c1-3-31(21-14-12-20(28)13-15-21)25-11-7-10-23-22(25)9-6-4-5-8-19-16-18(2)30-27(33)24(19)17-29-26(23)32;/h4,6-7,10-11,16,20-21H,3,5,8-9,12-15,17,28H2,1-2H3,(H,29,32)(H,30,33);1H/b6-4+;. The van der Waals surface area contributed by atoms with E-state index in [1.54, 1.807) is 0 Å². The van der Waals surface area contributed by atoms with Crippen molar-refractivity contribution >= 4 is 24.0 Å². The second-order valence-corrected chi connectivity index (χ2v) is 9.34. The van der Waals surface area contributed by atoms with E-state index in [1.807, 2.05) is 25.1 Å². The van der Waals surface area contributed by atoms with E-state index in [0.29, 0.717) is 29.6 Å². The van der Waals surface area contributed by atoms with Crippen LogP contribution in [0.1, 0.15) is 71.8 Å². The average Bonchev–Trinajstić information content (AvgIpc) is 2.79. The van der Waals surface area contributed by atoms with E-state index >= 15 is 0 Å². The fraction of sp³-hybridized carbons (Fsp3) is 0.481. The molecule has 4 rings (SSSR count). The number of hydrogen-bond donors (Lipinski definition) is 3. The topological polar surface area (TPSA) is 91.2 Å². The van der Waals surface area contributed by atoms with Crippen molar-refractivity contribution in [3.63, 3.8) is 0 Å². The first kappa shape index (κ1) is 26.0. The summed E-state index contributed by atoms with van der Waals surface area (Å²) in [7, 11) is 0. The maximum absolute atomic E-state index is 13.3. The normalized spacial score (nSPS) is 21.6. The van der Waals surface area contributed by atoms with Crippen molar-refractivity contribution in [3.8, 4) is 0 Å². The van der Waals surface area contributed by atoms with Gasteiger partial charge in [-0.3, -0.25) is 9.59 Å². The number of H-pyrrole nitrogens is 1. The Hall–Kier alpha value is -2.57. The molecule has 2 aliphatic rings. The van der Waals surface area contributed by atoms with Crippen LogP contribution >= 0.6 is 12.4 Å². The minimum absolute atomic E-state index is 0. The first-order chi connectivity index (χ1) is 16.0. The fourth-order valence-electron chi connectivity index (χ4n) is 5.33. The minimum Gasteiger partial charge on any atom is -0.369 e. The number of halogens is 1. The molecule has 0 saturated heterocycles. The molecule has 2 aromatic rings. The predicted octanol–water partition coefficient (Wildman–Crippen LogP) is 4.18. The number of hydrogen-bond acceptors (Lipinski definition) is 4. The molecular weight excluding hydrogens is 448 g/mol. The smallest absolute Gasteiger partial charge is 0.253 e. The Balaban J connectivity index is 0.00000324. The highest BCUT2D eigenvalue weighted by Gasteiger charge is 2.26. The van der Waals surface area contributed by atoms with Crippen molar-refractivity contribution in [3.05, 3.63) is 74.7 Å². The molecule has 1 fully saturated rings. The molecule has 6 nitrogen and oxygen atoms in total. The zero-order valence-electron chi connectivity index (χ0n) is 20.2. The van der Waals surface area contributed by atoms with Crippen LogP contribution in [0.4, 0.5) is 5.69 Å². The molecule has 1 aromatic carbocycles. The van der Waals surface area contributed by atoms with Gasteiger partial charge in [0.1, 0.15) is 0 Å². The molecule has 0 unspecified atom stereocenters. The Bertz CT molecular complexity index is 1090. The largest absolute Gasteiger partial charge is 0.369 e. The molecule has 1 saturated carbocycles. The predicted molar refractivity (Wildman–Crippen MR) is 141 cm³/mol. The molecule has 0 spiro atoms. The minimum atomic E-state index is -0.131. The number of anilines is 1. The van der Waals surface area contributed by atoms with Crippen LogP contribution in [-0.4, -0.2) is 29.5 Å². The highest BCUT2D eigenvalue weighted by molar-refractivity contribution is 5.97. The number of rotatable bonds is 3. The zero-order chi connectivity index (χ0) is 23.4. The van der Waals surface area contributed by atoms with Gasteiger partial charge < -0.3 is 20.9 Å². The number of allylic oxidation sites excluding steroid dienone is 2. The van der Waals surface area contributed by atoms with Crippen LogP contribution in [0.5, 0.6) is 0 Å². The van der Waals surface area contributed by atoms with Crippen LogP contribution in [-0.2, 0) is 19.4 Å². The third-order valence-corrected chi connectivity index (χ3v) is 7.09. The van der Waals surface area contributed by atoms with Gasteiger partial charge in [-0.05, 0) is 88.1 Å². The number of amides is 1. The summed E-state index contributed by atoms with van der Waals surface area (Å²) < 4.78 is 0. The first-order valence-corrected chi connectivity index (χ1v) is 12.3. The van der Waals surface area contributed by atoms with Gasteiger partial charge in [-0.1, -0.05) is 18.2 Å². The van der Waals surface area contributed by atoms with Crippen LogP contribution in [0.25, 0.3) is 0 Å². The van der Waals surface area contributed by atoms with E-state index in [0.717, 1.165) is 67.6 Å². The molecule has 0 bridgehead atoms. The number of nitrogens with one attached hydrogen (secondary N) is 2. The first-order valence-electron chi connectivity index (χ1n) is 12.3. The lowest BCUT2D eigenvalue weighted by atomic mass is 9.89. The summed E-state index contributed by atoms with van der Waals surface area (Å²) in [6.45, 7) is 5.20. The number of carbonyl (C=O) groups is 1. The number of carbonyl (C=O) groups excluding carboxylic acids is 1. The molecule has 1 amide bonds. The van der Waals surface area contributed by atoms with Crippen LogP contribution in [0.3, 0.4) is 0 Å². The molecule has 1 aromatic heterocycles. The highest BCUT2D eigenvalue weighted by Crippen LogP contribution is 2.32. The number of nitrogens with zero attached hydrogens (tertiary/aromatic N) is 1.